The van der Waals surface area contributed by atoms with E-state index in [2.05, 4.69) is 9.64 Å². The molecule has 0 aliphatic carbocycles. The van der Waals surface area contributed by atoms with Crippen LogP contribution < -0.4 is 4.74 Å². The summed E-state index contributed by atoms with van der Waals surface area (Å²) in [5.74, 6) is -0.290. The molecule has 2 rings (SSSR count). The van der Waals surface area contributed by atoms with Gasteiger partial charge in [-0.3, -0.25) is 4.79 Å². The Kier molecular flexibility index (Phi) is 4.95. The summed E-state index contributed by atoms with van der Waals surface area (Å²) in [5.41, 5.74) is 0.672. The maximum absolute atomic E-state index is 12.3. The van der Waals surface area contributed by atoms with E-state index in [1.807, 2.05) is 18.9 Å². The van der Waals surface area contributed by atoms with Gasteiger partial charge in [-0.15, -0.1) is 13.2 Å². The van der Waals surface area contributed by atoms with Crippen LogP contribution in [0, 0.1) is 0 Å². The summed E-state index contributed by atoms with van der Waals surface area (Å²) in [6.07, 6.45) is -4.52. The summed E-state index contributed by atoms with van der Waals surface area (Å²) in [7, 11) is 2.01. The topological polar surface area (TPSA) is 32.8 Å². The van der Waals surface area contributed by atoms with Crippen LogP contribution in [0.15, 0.2) is 24.3 Å². The van der Waals surface area contributed by atoms with Crippen molar-refractivity contribution in [2.24, 2.45) is 0 Å². The van der Waals surface area contributed by atoms with Crippen LogP contribution in [-0.2, 0) is 11.2 Å². The number of benzene rings is 1. The molecule has 1 atom stereocenters. The highest BCUT2D eigenvalue weighted by molar-refractivity contribution is 5.79. The maximum Gasteiger partial charge on any atom is 0.573 e. The number of carbonyl (C=O) groups is 1. The van der Waals surface area contributed by atoms with Gasteiger partial charge >= 0.3 is 6.36 Å². The zero-order chi connectivity index (χ0) is 16.3. The van der Waals surface area contributed by atoms with Gasteiger partial charge in [0, 0.05) is 25.7 Å². The Morgan fingerprint density at radius 1 is 1.27 bits per heavy atom. The van der Waals surface area contributed by atoms with Gasteiger partial charge in [-0.1, -0.05) is 12.1 Å². The van der Waals surface area contributed by atoms with Crippen molar-refractivity contribution in [3.8, 4) is 5.75 Å². The summed E-state index contributed by atoms with van der Waals surface area (Å²) in [6, 6.07) is 5.56. The van der Waals surface area contributed by atoms with E-state index in [-0.39, 0.29) is 24.1 Å². The number of likely N-dealkylation sites (N-methyl/N-ethyl adjacent to an activating group) is 1. The van der Waals surface area contributed by atoms with Gasteiger partial charge in [-0.25, -0.2) is 0 Å². The van der Waals surface area contributed by atoms with Gasteiger partial charge in [0.25, 0.3) is 0 Å². The summed E-state index contributed by atoms with van der Waals surface area (Å²) < 4.78 is 40.1. The first-order chi connectivity index (χ1) is 10.2. The molecule has 1 unspecified atom stereocenters. The van der Waals surface area contributed by atoms with E-state index < -0.39 is 6.36 Å². The Labute approximate surface area is 127 Å². The molecule has 0 radical (unpaired) electrons. The Balaban J connectivity index is 1.94. The number of amides is 1. The molecule has 122 valence electrons. The quantitative estimate of drug-likeness (QED) is 0.858. The molecule has 1 amide bonds. The molecule has 0 N–H and O–H groups in total. The lowest BCUT2D eigenvalue weighted by Crippen LogP contribution is -2.53. The fourth-order valence-electron chi connectivity index (χ4n) is 2.60. The fourth-order valence-corrected chi connectivity index (χ4v) is 2.60. The molecule has 1 heterocycles. The molecule has 0 saturated carbocycles. The number of hydrogen-bond donors (Lipinski definition) is 0. The van der Waals surface area contributed by atoms with Crippen LogP contribution in [0.4, 0.5) is 13.2 Å². The minimum Gasteiger partial charge on any atom is -0.406 e. The van der Waals surface area contributed by atoms with Crippen LogP contribution in [0.25, 0.3) is 0 Å². The Bertz CT molecular complexity index is 517. The van der Waals surface area contributed by atoms with Crippen LogP contribution in [-0.4, -0.2) is 54.8 Å². The largest absolute Gasteiger partial charge is 0.573 e. The third-order valence-electron chi connectivity index (χ3n) is 3.66. The van der Waals surface area contributed by atoms with Gasteiger partial charge in [0.2, 0.25) is 5.91 Å². The van der Waals surface area contributed by atoms with E-state index in [0.29, 0.717) is 12.1 Å². The number of carbonyl (C=O) groups excluding carboxylic acids is 1. The van der Waals surface area contributed by atoms with E-state index in [1.54, 1.807) is 0 Å². The standard InChI is InChI=1S/C15H19F3N2O2/c1-11-10-19(2)7-8-20(11)14(21)9-12-3-5-13(6-4-12)22-15(16,17)18/h3-6,11H,7-10H2,1-2H3. The molecule has 0 bridgehead atoms. The van der Waals surface area contributed by atoms with E-state index in [4.69, 9.17) is 0 Å². The van der Waals surface area contributed by atoms with Gasteiger partial charge in [0.1, 0.15) is 5.75 Å². The van der Waals surface area contributed by atoms with Crippen LogP contribution >= 0.6 is 0 Å². The molecular weight excluding hydrogens is 297 g/mol. The molecule has 0 aromatic heterocycles. The van der Waals surface area contributed by atoms with Crippen LogP contribution in [0.3, 0.4) is 0 Å². The Morgan fingerprint density at radius 3 is 2.45 bits per heavy atom. The van der Waals surface area contributed by atoms with Gasteiger partial charge in [0.15, 0.2) is 0 Å². The zero-order valence-electron chi connectivity index (χ0n) is 12.6. The molecule has 0 spiro atoms. The predicted octanol–water partition coefficient (Wildman–Crippen LogP) is 2.29. The Hall–Kier alpha value is -1.76. The first kappa shape index (κ1) is 16.6. The fraction of sp³-hybridized carbons (Fsp3) is 0.533. The van der Waals surface area contributed by atoms with Crippen LogP contribution in [0.1, 0.15) is 12.5 Å². The van der Waals surface area contributed by atoms with E-state index in [0.717, 1.165) is 13.1 Å². The van der Waals surface area contributed by atoms with Gasteiger partial charge in [0.05, 0.1) is 6.42 Å². The molecule has 4 nitrogen and oxygen atoms in total. The van der Waals surface area contributed by atoms with E-state index >= 15 is 0 Å². The first-order valence-corrected chi connectivity index (χ1v) is 7.07. The minimum absolute atomic E-state index is 0.00918. The van der Waals surface area contributed by atoms with Crippen molar-refractivity contribution in [1.82, 2.24) is 9.80 Å². The number of piperazine rings is 1. The summed E-state index contributed by atoms with van der Waals surface area (Å²) in [4.78, 5) is 16.3. The van der Waals surface area contributed by atoms with Crippen molar-refractivity contribution in [1.29, 1.82) is 0 Å². The van der Waals surface area contributed by atoms with Crippen molar-refractivity contribution in [3.05, 3.63) is 29.8 Å². The molecule has 1 saturated heterocycles. The van der Waals surface area contributed by atoms with Crippen molar-refractivity contribution < 1.29 is 22.7 Å². The van der Waals surface area contributed by atoms with Crippen molar-refractivity contribution in [2.45, 2.75) is 25.7 Å². The van der Waals surface area contributed by atoms with Crippen molar-refractivity contribution in [3.63, 3.8) is 0 Å². The van der Waals surface area contributed by atoms with E-state index in [1.165, 1.54) is 24.3 Å². The molecule has 22 heavy (non-hydrogen) atoms. The number of rotatable bonds is 3. The lowest BCUT2D eigenvalue weighted by molar-refractivity contribution is -0.274. The smallest absolute Gasteiger partial charge is 0.406 e. The molecule has 1 aromatic rings. The second-order valence-electron chi connectivity index (χ2n) is 5.57. The highest BCUT2D eigenvalue weighted by Gasteiger charge is 2.31. The van der Waals surface area contributed by atoms with Crippen molar-refractivity contribution in [2.75, 3.05) is 26.7 Å². The number of hydrogen-bond acceptors (Lipinski definition) is 3. The highest BCUT2D eigenvalue weighted by atomic mass is 19.4. The lowest BCUT2D eigenvalue weighted by Gasteiger charge is -2.38. The number of nitrogens with zero attached hydrogens (tertiary/aromatic N) is 2. The summed E-state index contributed by atoms with van der Waals surface area (Å²) in [5, 5.41) is 0. The average Bonchev–Trinajstić information content (AvgIpc) is 2.39. The van der Waals surface area contributed by atoms with Crippen LogP contribution in [0.5, 0.6) is 5.75 Å². The minimum atomic E-state index is -4.70. The Morgan fingerprint density at radius 2 is 1.91 bits per heavy atom. The summed E-state index contributed by atoms with van der Waals surface area (Å²) >= 11 is 0. The number of halogens is 3. The summed E-state index contributed by atoms with van der Waals surface area (Å²) in [6.45, 7) is 4.32. The lowest BCUT2D eigenvalue weighted by atomic mass is 10.1. The SMILES string of the molecule is CC1CN(C)CCN1C(=O)Cc1ccc(OC(F)(F)F)cc1. The number of ether oxygens (including phenoxy) is 1. The molecule has 1 aliphatic rings. The maximum atomic E-state index is 12.3. The average molecular weight is 316 g/mol. The second-order valence-corrected chi connectivity index (χ2v) is 5.57. The van der Waals surface area contributed by atoms with Gasteiger partial charge in [-0.05, 0) is 31.7 Å². The van der Waals surface area contributed by atoms with Gasteiger partial charge < -0.3 is 14.5 Å². The molecule has 1 aromatic carbocycles. The van der Waals surface area contributed by atoms with E-state index in [9.17, 15) is 18.0 Å². The predicted molar refractivity (Wildman–Crippen MR) is 75.5 cm³/mol. The van der Waals surface area contributed by atoms with Crippen LogP contribution in [0.2, 0.25) is 0 Å². The number of alkyl halides is 3. The molecule has 1 fully saturated rings. The third-order valence-corrected chi connectivity index (χ3v) is 3.66. The third kappa shape index (κ3) is 4.62. The zero-order valence-corrected chi connectivity index (χ0v) is 12.6. The first-order valence-electron chi connectivity index (χ1n) is 7.07. The van der Waals surface area contributed by atoms with Gasteiger partial charge in [-0.2, -0.15) is 0 Å². The van der Waals surface area contributed by atoms with Crippen molar-refractivity contribution >= 4 is 5.91 Å². The molecule has 7 heteroatoms. The molecule has 1 aliphatic heterocycles. The highest BCUT2D eigenvalue weighted by Crippen LogP contribution is 2.23. The normalized spacial score (nSPS) is 20.0. The monoisotopic (exact) mass is 316 g/mol. The second kappa shape index (κ2) is 6.56. The molecular formula is C15H19F3N2O2.